The second-order valence-electron chi connectivity index (χ2n) is 7.58. The number of phenolic OH excluding ortho intramolecular Hbond substituents is 2. The lowest BCUT2D eigenvalue weighted by atomic mass is 9.74. The van der Waals surface area contributed by atoms with Gasteiger partial charge in [-0.2, -0.15) is 0 Å². The van der Waals surface area contributed by atoms with Crippen LogP contribution in [0.15, 0.2) is 24.3 Å². The molecule has 0 heterocycles. The van der Waals surface area contributed by atoms with Crippen LogP contribution in [-0.4, -0.2) is 16.1 Å². The van der Waals surface area contributed by atoms with Gasteiger partial charge in [-0.3, -0.25) is 4.79 Å². The van der Waals surface area contributed by atoms with E-state index in [1.807, 2.05) is 33.8 Å². The number of hydrogen-bond acceptors (Lipinski definition) is 3. The van der Waals surface area contributed by atoms with Gasteiger partial charge in [0.15, 0.2) is 0 Å². The van der Waals surface area contributed by atoms with Crippen LogP contribution < -0.4 is 5.32 Å². The summed E-state index contributed by atoms with van der Waals surface area (Å²) in [4.78, 5) is 12.7. The number of nitrogens with one attached hydrogen (secondary N) is 1. The topological polar surface area (TPSA) is 69.6 Å². The fourth-order valence-corrected chi connectivity index (χ4v) is 3.92. The van der Waals surface area contributed by atoms with E-state index in [-0.39, 0.29) is 23.5 Å². The van der Waals surface area contributed by atoms with Crippen molar-refractivity contribution in [2.24, 2.45) is 11.8 Å². The Bertz CT molecular complexity index is 857. The van der Waals surface area contributed by atoms with E-state index in [9.17, 15) is 15.0 Å². The lowest BCUT2D eigenvalue weighted by molar-refractivity contribution is -0.121. The van der Waals surface area contributed by atoms with Gasteiger partial charge in [-0.25, -0.2) is 0 Å². The van der Waals surface area contributed by atoms with Crippen molar-refractivity contribution in [2.45, 2.75) is 47.0 Å². The van der Waals surface area contributed by atoms with Crippen LogP contribution >= 0.6 is 0 Å². The van der Waals surface area contributed by atoms with Gasteiger partial charge in [0.1, 0.15) is 11.5 Å². The van der Waals surface area contributed by atoms with Gasteiger partial charge in [-0.05, 0) is 85.9 Å². The Labute approximate surface area is 154 Å². The van der Waals surface area contributed by atoms with Crippen LogP contribution in [0, 0.1) is 32.6 Å². The van der Waals surface area contributed by atoms with Gasteiger partial charge in [0.2, 0.25) is 5.91 Å². The highest BCUT2D eigenvalue weighted by atomic mass is 16.3. The van der Waals surface area contributed by atoms with Crippen molar-refractivity contribution in [1.29, 1.82) is 0 Å². The molecule has 0 saturated carbocycles. The average Bonchev–Trinajstić information content (AvgIpc) is 2.61. The van der Waals surface area contributed by atoms with Crippen molar-refractivity contribution in [3.8, 4) is 11.5 Å². The fourth-order valence-electron chi connectivity index (χ4n) is 3.92. The summed E-state index contributed by atoms with van der Waals surface area (Å²) in [5, 5.41) is 22.9. The molecule has 1 aliphatic rings. The van der Waals surface area contributed by atoms with Crippen molar-refractivity contribution in [3.05, 3.63) is 52.1 Å². The molecule has 1 aliphatic carbocycles. The molecule has 0 bridgehead atoms. The summed E-state index contributed by atoms with van der Waals surface area (Å²) in [6.07, 6.45) is 2.71. The van der Waals surface area contributed by atoms with E-state index in [4.69, 9.17) is 0 Å². The number of aromatic hydroxyl groups is 2. The Morgan fingerprint density at radius 3 is 2.50 bits per heavy atom. The number of anilines is 1. The molecule has 1 amide bonds. The van der Waals surface area contributed by atoms with Crippen LogP contribution in [0.5, 0.6) is 11.5 Å². The molecule has 2 atom stereocenters. The summed E-state index contributed by atoms with van der Waals surface area (Å²) < 4.78 is 0. The van der Waals surface area contributed by atoms with E-state index >= 15 is 0 Å². The Balaban J connectivity index is 1.75. The zero-order valence-electron chi connectivity index (χ0n) is 15.9. The molecule has 0 aliphatic heterocycles. The molecule has 4 nitrogen and oxygen atoms in total. The number of phenols is 2. The fraction of sp³-hybridized carbons (Fsp3) is 0.409. The van der Waals surface area contributed by atoms with E-state index in [0.29, 0.717) is 11.4 Å². The Kier molecular flexibility index (Phi) is 4.94. The second-order valence-corrected chi connectivity index (χ2v) is 7.58. The van der Waals surface area contributed by atoms with E-state index in [1.165, 1.54) is 11.1 Å². The number of carbonyl (C=O) groups excluding carboxylic acids is 1. The number of rotatable bonds is 3. The first kappa shape index (κ1) is 18.3. The van der Waals surface area contributed by atoms with Crippen LogP contribution in [0.25, 0.3) is 0 Å². The molecule has 3 rings (SSSR count). The predicted octanol–water partition coefficient (Wildman–Crippen LogP) is 4.40. The minimum absolute atomic E-state index is 0.0313. The van der Waals surface area contributed by atoms with Crippen molar-refractivity contribution in [2.75, 3.05) is 5.32 Å². The van der Waals surface area contributed by atoms with E-state index < -0.39 is 0 Å². The molecular formula is C22H27NO3. The largest absolute Gasteiger partial charge is 0.508 e. The average molecular weight is 353 g/mol. The van der Waals surface area contributed by atoms with E-state index in [1.54, 1.807) is 18.2 Å². The van der Waals surface area contributed by atoms with Gasteiger partial charge in [0.05, 0.1) is 0 Å². The lowest BCUT2D eigenvalue weighted by Crippen LogP contribution is -2.31. The number of amides is 1. The van der Waals surface area contributed by atoms with Crippen LogP contribution in [0.2, 0.25) is 0 Å². The van der Waals surface area contributed by atoms with Crippen molar-refractivity contribution in [1.82, 2.24) is 0 Å². The van der Waals surface area contributed by atoms with Crippen molar-refractivity contribution in [3.63, 3.8) is 0 Å². The molecular weight excluding hydrogens is 326 g/mol. The molecule has 0 saturated heterocycles. The molecule has 0 radical (unpaired) electrons. The maximum atomic E-state index is 12.7. The summed E-state index contributed by atoms with van der Waals surface area (Å²) in [6, 6.07) is 7.03. The SMILES string of the molecule is Cc1ccc(NC(=O)[C@H](C)[C@@H]2CCc3c(C)cc(O)c(C)c3C2)cc1O. The summed E-state index contributed by atoms with van der Waals surface area (Å²) in [7, 11) is 0. The van der Waals surface area contributed by atoms with Gasteiger partial charge < -0.3 is 15.5 Å². The smallest absolute Gasteiger partial charge is 0.227 e. The quantitative estimate of drug-likeness (QED) is 0.766. The van der Waals surface area contributed by atoms with Crippen molar-refractivity contribution < 1.29 is 15.0 Å². The summed E-state index contributed by atoms with van der Waals surface area (Å²) >= 11 is 0. The molecule has 0 spiro atoms. The van der Waals surface area contributed by atoms with Crippen LogP contribution in [0.3, 0.4) is 0 Å². The lowest BCUT2D eigenvalue weighted by Gasteiger charge is -2.31. The molecule has 138 valence electrons. The third-order valence-corrected chi connectivity index (χ3v) is 5.86. The van der Waals surface area contributed by atoms with E-state index in [2.05, 4.69) is 5.32 Å². The van der Waals surface area contributed by atoms with Crippen LogP contribution in [-0.2, 0) is 17.6 Å². The van der Waals surface area contributed by atoms with Gasteiger partial charge in [0.25, 0.3) is 0 Å². The highest BCUT2D eigenvalue weighted by Gasteiger charge is 2.30. The Morgan fingerprint density at radius 2 is 1.81 bits per heavy atom. The van der Waals surface area contributed by atoms with Gasteiger partial charge in [0, 0.05) is 17.7 Å². The number of benzene rings is 2. The monoisotopic (exact) mass is 353 g/mol. The molecule has 26 heavy (non-hydrogen) atoms. The zero-order valence-corrected chi connectivity index (χ0v) is 15.9. The molecule has 0 unspecified atom stereocenters. The first-order valence-corrected chi connectivity index (χ1v) is 9.19. The standard InChI is InChI=1S/C22H27NO3/c1-12-5-7-17(11-20(12)24)23-22(26)14(3)16-6-8-18-13(2)9-21(25)15(4)19(18)10-16/h5,7,9,11,14,16,24-25H,6,8,10H2,1-4H3,(H,23,26)/t14-,16-/m1/s1. The third kappa shape index (κ3) is 3.41. The zero-order chi connectivity index (χ0) is 19.0. The summed E-state index contributed by atoms with van der Waals surface area (Å²) in [5.74, 6) is 0.587. The van der Waals surface area contributed by atoms with Gasteiger partial charge >= 0.3 is 0 Å². The maximum absolute atomic E-state index is 12.7. The maximum Gasteiger partial charge on any atom is 0.227 e. The molecule has 2 aromatic rings. The number of fused-ring (bicyclic) bond motifs is 1. The van der Waals surface area contributed by atoms with Crippen LogP contribution in [0.1, 0.15) is 41.2 Å². The first-order chi connectivity index (χ1) is 12.3. The second kappa shape index (κ2) is 7.02. The van der Waals surface area contributed by atoms with E-state index in [0.717, 1.165) is 36.0 Å². The molecule has 4 heteroatoms. The normalized spacial score (nSPS) is 17.5. The molecule has 3 N–H and O–H groups in total. The predicted molar refractivity (Wildman–Crippen MR) is 104 cm³/mol. The molecule has 0 fully saturated rings. The Hall–Kier alpha value is -2.49. The first-order valence-electron chi connectivity index (χ1n) is 9.19. The highest BCUT2D eigenvalue weighted by Crippen LogP contribution is 2.37. The summed E-state index contributed by atoms with van der Waals surface area (Å²) in [5.41, 5.74) is 6.00. The minimum Gasteiger partial charge on any atom is -0.508 e. The third-order valence-electron chi connectivity index (χ3n) is 5.86. The highest BCUT2D eigenvalue weighted by molar-refractivity contribution is 5.92. The van der Waals surface area contributed by atoms with Crippen LogP contribution in [0.4, 0.5) is 5.69 Å². The number of hydrogen-bond donors (Lipinski definition) is 3. The Morgan fingerprint density at radius 1 is 1.08 bits per heavy atom. The number of aryl methyl sites for hydroxylation is 2. The molecule has 2 aromatic carbocycles. The summed E-state index contributed by atoms with van der Waals surface area (Å²) in [6.45, 7) is 7.78. The molecule has 0 aromatic heterocycles. The van der Waals surface area contributed by atoms with Crippen molar-refractivity contribution >= 4 is 11.6 Å². The van der Waals surface area contributed by atoms with Gasteiger partial charge in [-0.15, -0.1) is 0 Å². The number of carbonyl (C=O) groups is 1. The van der Waals surface area contributed by atoms with Gasteiger partial charge in [-0.1, -0.05) is 13.0 Å². The minimum atomic E-state index is -0.145.